The summed E-state index contributed by atoms with van der Waals surface area (Å²) in [6.07, 6.45) is 1.69. The Balaban J connectivity index is 2.11. The van der Waals surface area contributed by atoms with E-state index in [0.717, 1.165) is 16.9 Å². The molecule has 0 aliphatic carbocycles. The number of hydrogen-bond donors (Lipinski definition) is 1. The van der Waals surface area contributed by atoms with Crippen LogP contribution in [-0.4, -0.2) is 4.98 Å². The molecule has 0 amide bonds. The quantitative estimate of drug-likeness (QED) is 0.774. The summed E-state index contributed by atoms with van der Waals surface area (Å²) in [4.78, 5) is 4.00. The lowest BCUT2D eigenvalue weighted by Crippen LogP contribution is -2.01. The molecule has 3 nitrogen and oxygen atoms in total. The van der Waals surface area contributed by atoms with Crippen molar-refractivity contribution in [3.8, 4) is 0 Å². The first-order valence-corrected chi connectivity index (χ1v) is 6.15. The molecule has 2 N–H and O–H groups in total. The van der Waals surface area contributed by atoms with Gasteiger partial charge < -0.3 is 10.2 Å². The fourth-order valence-electron chi connectivity index (χ4n) is 2.25. The Kier molecular flexibility index (Phi) is 3.02. The molecular weight excluding hydrogens is 236 g/mol. The second-order valence-corrected chi connectivity index (χ2v) is 4.36. The van der Waals surface area contributed by atoms with Gasteiger partial charge in [-0.1, -0.05) is 60.7 Å². The molecule has 0 saturated heterocycles. The maximum atomic E-state index is 5.59. The molecular formula is C16H14N2O. The zero-order valence-corrected chi connectivity index (χ0v) is 10.4. The lowest BCUT2D eigenvalue weighted by Gasteiger charge is -2.15. The molecule has 3 aromatic rings. The normalized spacial score (nSPS) is 10.8. The highest BCUT2D eigenvalue weighted by Gasteiger charge is 2.20. The molecule has 2 aromatic carbocycles. The third kappa shape index (κ3) is 2.36. The molecule has 0 unspecified atom stereocenters. The summed E-state index contributed by atoms with van der Waals surface area (Å²) in [5.41, 5.74) is 7.91. The van der Waals surface area contributed by atoms with Gasteiger partial charge in [0.05, 0.1) is 12.1 Å². The highest BCUT2D eigenvalue weighted by Crippen LogP contribution is 2.32. The van der Waals surface area contributed by atoms with Gasteiger partial charge in [-0.15, -0.1) is 0 Å². The standard InChI is InChI=1S/C16H14N2O/c17-16-18-11-14(19-16)15(12-7-3-1-4-8-12)13-9-5-2-6-10-13/h1-11,15H,(H2,17,18). The van der Waals surface area contributed by atoms with E-state index in [1.807, 2.05) is 36.4 Å². The fraction of sp³-hybridized carbons (Fsp3) is 0.0625. The predicted molar refractivity (Wildman–Crippen MR) is 74.7 cm³/mol. The molecule has 1 aromatic heterocycles. The first-order chi connectivity index (χ1) is 9.34. The van der Waals surface area contributed by atoms with Crippen LogP contribution in [0.15, 0.2) is 71.3 Å². The van der Waals surface area contributed by atoms with Gasteiger partial charge in [0, 0.05) is 0 Å². The second-order valence-electron chi connectivity index (χ2n) is 4.36. The van der Waals surface area contributed by atoms with Crippen molar-refractivity contribution in [2.45, 2.75) is 5.92 Å². The van der Waals surface area contributed by atoms with E-state index in [-0.39, 0.29) is 11.9 Å². The number of aromatic nitrogens is 1. The summed E-state index contributed by atoms with van der Waals surface area (Å²) in [6.45, 7) is 0. The molecule has 0 aliphatic rings. The van der Waals surface area contributed by atoms with Gasteiger partial charge in [0.1, 0.15) is 5.76 Å². The van der Waals surface area contributed by atoms with E-state index >= 15 is 0 Å². The molecule has 0 saturated carbocycles. The van der Waals surface area contributed by atoms with Crippen LogP contribution in [0.2, 0.25) is 0 Å². The van der Waals surface area contributed by atoms with Crippen LogP contribution in [0.25, 0.3) is 0 Å². The summed E-state index contributed by atoms with van der Waals surface area (Å²) in [6, 6.07) is 20.6. The maximum Gasteiger partial charge on any atom is 0.292 e. The minimum atomic E-state index is 0.0206. The van der Waals surface area contributed by atoms with Gasteiger partial charge in [0.15, 0.2) is 0 Å². The molecule has 0 spiro atoms. The SMILES string of the molecule is Nc1ncc(C(c2ccccc2)c2ccccc2)o1. The van der Waals surface area contributed by atoms with Crippen LogP contribution in [-0.2, 0) is 0 Å². The minimum Gasteiger partial charge on any atom is -0.428 e. The van der Waals surface area contributed by atoms with E-state index in [1.165, 1.54) is 0 Å². The van der Waals surface area contributed by atoms with Crippen LogP contribution in [0.1, 0.15) is 22.8 Å². The van der Waals surface area contributed by atoms with Crippen molar-refractivity contribution in [3.63, 3.8) is 0 Å². The molecule has 0 bridgehead atoms. The van der Waals surface area contributed by atoms with E-state index in [1.54, 1.807) is 6.20 Å². The van der Waals surface area contributed by atoms with Crippen LogP contribution in [0.5, 0.6) is 0 Å². The van der Waals surface area contributed by atoms with Crippen molar-refractivity contribution >= 4 is 6.01 Å². The molecule has 94 valence electrons. The summed E-state index contributed by atoms with van der Waals surface area (Å²) >= 11 is 0. The van der Waals surface area contributed by atoms with Gasteiger partial charge >= 0.3 is 0 Å². The van der Waals surface area contributed by atoms with Gasteiger partial charge in [0.25, 0.3) is 6.01 Å². The Morgan fingerprint density at radius 3 is 1.79 bits per heavy atom. The number of hydrogen-bond acceptors (Lipinski definition) is 3. The summed E-state index contributed by atoms with van der Waals surface area (Å²) in [5.74, 6) is 0.780. The van der Waals surface area contributed by atoms with Gasteiger partial charge in [-0.25, -0.2) is 4.98 Å². The first kappa shape index (κ1) is 11.5. The molecule has 0 atom stereocenters. The molecule has 0 radical (unpaired) electrons. The van der Waals surface area contributed by atoms with E-state index in [2.05, 4.69) is 29.2 Å². The largest absolute Gasteiger partial charge is 0.428 e. The van der Waals surface area contributed by atoms with Crippen LogP contribution >= 0.6 is 0 Å². The molecule has 0 aliphatic heterocycles. The zero-order valence-electron chi connectivity index (χ0n) is 10.4. The molecule has 19 heavy (non-hydrogen) atoms. The highest BCUT2D eigenvalue weighted by atomic mass is 16.4. The smallest absolute Gasteiger partial charge is 0.292 e. The van der Waals surface area contributed by atoms with Crippen molar-refractivity contribution in [2.75, 3.05) is 5.73 Å². The average molecular weight is 250 g/mol. The second kappa shape index (κ2) is 4.98. The number of oxazole rings is 1. The van der Waals surface area contributed by atoms with Gasteiger partial charge in [-0.3, -0.25) is 0 Å². The van der Waals surface area contributed by atoms with E-state index in [9.17, 15) is 0 Å². The number of anilines is 1. The lowest BCUT2D eigenvalue weighted by molar-refractivity contribution is 0.516. The van der Waals surface area contributed by atoms with Gasteiger partial charge in [-0.2, -0.15) is 0 Å². The number of benzene rings is 2. The molecule has 0 fully saturated rings. The van der Waals surface area contributed by atoms with Crippen molar-refractivity contribution < 1.29 is 4.42 Å². The first-order valence-electron chi connectivity index (χ1n) is 6.15. The number of nitrogens with two attached hydrogens (primary N) is 1. The van der Waals surface area contributed by atoms with Crippen LogP contribution in [0, 0.1) is 0 Å². The predicted octanol–water partition coefficient (Wildman–Crippen LogP) is 3.44. The van der Waals surface area contributed by atoms with Crippen molar-refractivity contribution in [1.82, 2.24) is 4.98 Å². The number of rotatable bonds is 3. The van der Waals surface area contributed by atoms with Crippen molar-refractivity contribution in [3.05, 3.63) is 83.7 Å². The third-order valence-corrected chi connectivity index (χ3v) is 3.09. The van der Waals surface area contributed by atoms with Crippen LogP contribution in [0.4, 0.5) is 6.01 Å². The molecule has 3 rings (SSSR count). The Morgan fingerprint density at radius 1 is 0.842 bits per heavy atom. The number of nitrogen functional groups attached to an aromatic ring is 1. The Morgan fingerprint density at radius 2 is 1.37 bits per heavy atom. The monoisotopic (exact) mass is 250 g/mol. The molecule has 3 heteroatoms. The summed E-state index contributed by atoms with van der Waals surface area (Å²) in [7, 11) is 0. The average Bonchev–Trinajstić information content (AvgIpc) is 2.88. The number of nitrogens with zero attached hydrogens (tertiary/aromatic N) is 1. The summed E-state index contributed by atoms with van der Waals surface area (Å²) < 4.78 is 5.52. The Bertz CT molecular complexity index is 607. The Hall–Kier alpha value is -2.55. The van der Waals surface area contributed by atoms with Crippen LogP contribution in [0.3, 0.4) is 0 Å². The van der Waals surface area contributed by atoms with E-state index in [4.69, 9.17) is 10.2 Å². The topological polar surface area (TPSA) is 52.0 Å². The lowest BCUT2D eigenvalue weighted by atomic mass is 9.90. The van der Waals surface area contributed by atoms with Crippen molar-refractivity contribution in [1.29, 1.82) is 0 Å². The minimum absolute atomic E-state index is 0.0206. The van der Waals surface area contributed by atoms with E-state index in [0.29, 0.717) is 0 Å². The molecule has 1 heterocycles. The van der Waals surface area contributed by atoms with Crippen LogP contribution < -0.4 is 5.73 Å². The third-order valence-electron chi connectivity index (χ3n) is 3.09. The van der Waals surface area contributed by atoms with Crippen molar-refractivity contribution in [2.24, 2.45) is 0 Å². The zero-order chi connectivity index (χ0) is 13.1. The maximum absolute atomic E-state index is 5.59. The van der Waals surface area contributed by atoms with Gasteiger partial charge in [-0.05, 0) is 11.1 Å². The summed E-state index contributed by atoms with van der Waals surface area (Å²) in [5, 5.41) is 0. The fourth-order valence-corrected chi connectivity index (χ4v) is 2.25. The van der Waals surface area contributed by atoms with E-state index < -0.39 is 0 Å². The van der Waals surface area contributed by atoms with Gasteiger partial charge in [0.2, 0.25) is 0 Å². The highest BCUT2D eigenvalue weighted by molar-refractivity contribution is 5.39. The Labute approximate surface area is 111 Å².